The Balaban J connectivity index is 2.15. The molecule has 1 aliphatic rings. The summed E-state index contributed by atoms with van der Waals surface area (Å²) in [5.41, 5.74) is 5.91. The number of nitrogens with two attached hydrogens (primary N) is 1. The van der Waals surface area contributed by atoms with Crippen molar-refractivity contribution in [2.75, 3.05) is 6.61 Å². The number of benzene rings is 1. The van der Waals surface area contributed by atoms with Gasteiger partial charge in [-0.05, 0) is 18.3 Å². The molecule has 24 heavy (non-hydrogen) atoms. The largest absolute Gasteiger partial charge is 0.493 e. The van der Waals surface area contributed by atoms with Crippen molar-refractivity contribution in [3.63, 3.8) is 0 Å². The van der Waals surface area contributed by atoms with Gasteiger partial charge in [-0.25, -0.2) is 0 Å². The van der Waals surface area contributed by atoms with Gasteiger partial charge in [-0.2, -0.15) is 0 Å². The van der Waals surface area contributed by atoms with E-state index < -0.39 is 31.1 Å². The van der Waals surface area contributed by atoms with Gasteiger partial charge in [0.05, 0.1) is 12.1 Å². The monoisotopic (exact) mass is 352 g/mol. The van der Waals surface area contributed by atoms with Crippen molar-refractivity contribution in [1.82, 2.24) is 4.57 Å². The van der Waals surface area contributed by atoms with Crippen LogP contribution in [0.25, 0.3) is 10.9 Å². The zero-order valence-corrected chi connectivity index (χ0v) is 13.2. The highest BCUT2D eigenvalue weighted by Gasteiger charge is 2.45. The molecular weight excluding hydrogens is 336 g/mol. The molecule has 1 saturated heterocycles. The van der Waals surface area contributed by atoms with Gasteiger partial charge >= 0.3 is 0 Å². The Morgan fingerprint density at radius 1 is 1.29 bits per heavy atom. The van der Waals surface area contributed by atoms with Crippen LogP contribution in [0, 0.1) is 0 Å². The Hall–Kier alpha value is -2.11. The molecule has 3 rings (SSSR count). The summed E-state index contributed by atoms with van der Waals surface area (Å²) < 4.78 is 6.76. The molecule has 4 unspecified atom stereocenters. The second kappa shape index (κ2) is 6.42. The van der Waals surface area contributed by atoms with Crippen molar-refractivity contribution < 1.29 is 25.2 Å². The van der Waals surface area contributed by atoms with Gasteiger partial charge in [-0.15, -0.1) is 10.2 Å². The second-order valence-corrected chi connectivity index (χ2v) is 5.74. The van der Waals surface area contributed by atoms with Crippen molar-refractivity contribution in [3.05, 3.63) is 24.3 Å². The molecule has 0 bridgehead atoms. The minimum Gasteiger partial charge on any atom is -0.493 e. The predicted octanol–water partition coefficient (Wildman–Crippen LogP) is 0.286. The second-order valence-electron chi connectivity index (χ2n) is 5.33. The lowest BCUT2D eigenvalue weighted by atomic mass is 10.1. The minimum absolute atomic E-state index is 0.108. The van der Waals surface area contributed by atoms with Crippen LogP contribution in [0.2, 0.25) is 0 Å². The maximum Gasteiger partial charge on any atom is 0.223 e. The molecule has 1 aromatic heterocycles. The third-order valence-electron chi connectivity index (χ3n) is 3.88. The van der Waals surface area contributed by atoms with Gasteiger partial charge < -0.3 is 30.9 Å². The van der Waals surface area contributed by atoms with Gasteiger partial charge in [0.25, 0.3) is 0 Å². The molecule has 0 aliphatic carbocycles. The van der Waals surface area contributed by atoms with Crippen LogP contribution in [0.5, 0.6) is 5.88 Å². The fourth-order valence-corrected chi connectivity index (χ4v) is 2.82. The summed E-state index contributed by atoms with van der Waals surface area (Å²) in [5.74, 6) is -0.328. The highest BCUT2D eigenvalue weighted by molar-refractivity contribution is 7.80. The highest BCUT2D eigenvalue weighted by Crippen LogP contribution is 2.44. The van der Waals surface area contributed by atoms with Crippen LogP contribution in [0.4, 0.5) is 5.69 Å². The summed E-state index contributed by atoms with van der Waals surface area (Å²) >= 11 is 4.64. The number of hydrogen-bond donors (Lipinski definition) is 5. The van der Waals surface area contributed by atoms with E-state index in [0.29, 0.717) is 10.9 Å². The molecule has 2 aromatic rings. The number of nitrogens with zero attached hydrogens (tertiary/aromatic N) is 3. The first-order valence-electron chi connectivity index (χ1n) is 7.11. The molecule has 0 saturated carbocycles. The summed E-state index contributed by atoms with van der Waals surface area (Å²) in [6.45, 7) is -0.470. The number of aliphatic hydroxyl groups excluding tert-OH is 3. The third-order valence-corrected chi connectivity index (χ3v) is 3.96. The van der Waals surface area contributed by atoms with Gasteiger partial charge in [0, 0.05) is 5.39 Å². The molecule has 0 spiro atoms. The number of aromatic nitrogens is 1. The number of azo groups is 1. The van der Waals surface area contributed by atoms with Gasteiger partial charge in [-0.1, -0.05) is 18.2 Å². The Kier molecular flexibility index (Phi) is 4.47. The number of ether oxygens (including phenoxy) is 1. The number of hydrogen-bond acceptors (Lipinski definition) is 7. The smallest absolute Gasteiger partial charge is 0.223 e. The van der Waals surface area contributed by atoms with E-state index in [-0.39, 0.29) is 16.7 Å². The van der Waals surface area contributed by atoms with Crippen LogP contribution in [-0.2, 0) is 4.74 Å². The van der Waals surface area contributed by atoms with E-state index in [9.17, 15) is 20.4 Å². The van der Waals surface area contributed by atoms with Crippen LogP contribution < -0.4 is 5.73 Å². The van der Waals surface area contributed by atoms with Crippen LogP contribution in [0.1, 0.15) is 6.23 Å². The average Bonchev–Trinajstić information content (AvgIpc) is 3.00. The average molecular weight is 352 g/mol. The third kappa shape index (κ3) is 2.64. The number of fused-ring (bicyclic) bond motifs is 1. The molecule has 1 aliphatic heterocycles. The van der Waals surface area contributed by atoms with Crippen molar-refractivity contribution in [2.45, 2.75) is 24.5 Å². The van der Waals surface area contributed by atoms with E-state index >= 15 is 0 Å². The molecule has 0 radical (unpaired) electrons. The quantitative estimate of drug-likeness (QED) is 0.394. The SMILES string of the molecule is NC(=S)N=Nc1c(O)n(C2OC(CO)C(O)C2O)c2ccccc12. The van der Waals surface area contributed by atoms with Crippen LogP contribution in [-0.4, -0.2) is 55.0 Å². The number of aromatic hydroxyl groups is 1. The lowest BCUT2D eigenvalue weighted by Gasteiger charge is -2.18. The predicted molar refractivity (Wildman–Crippen MR) is 87.9 cm³/mol. The molecule has 2 heterocycles. The Labute approximate surface area is 141 Å². The molecule has 9 nitrogen and oxygen atoms in total. The molecule has 128 valence electrons. The molecule has 4 atom stereocenters. The van der Waals surface area contributed by atoms with E-state index in [4.69, 9.17) is 10.5 Å². The molecule has 1 fully saturated rings. The van der Waals surface area contributed by atoms with Gasteiger partial charge in [0.2, 0.25) is 11.0 Å². The first kappa shape index (κ1) is 16.7. The van der Waals surface area contributed by atoms with Crippen molar-refractivity contribution in [1.29, 1.82) is 0 Å². The molecule has 6 N–H and O–H groups in total. The van der Waals surface area contributed by atoms with E-state index in [2.05, 4.69) is 22.4 Å². The standard InChI is InChI=1S/C14H16N4O5S/c15-14(24)17-16-9-6-3-1-2-4-7(6)18(12(9)22)13-11(21)10(20)8(5-19)23-13/h1-4,8,10-11,13,19-22H,5H2,(H2,15,24). The highest BCUT2D eigenvalue weighted by atomic mass is 32.1. The summed E-state index contributed by atoms with van der Waals surface area (Å²) in [5, 5.41) is 47.7. The van der Waals surface area contributed by atoms with Crippen LogP contribution >= 0.6 is 12.2 Å². The van der Waals surface area contributed by atoms with Crippen molar-refractivity contribution >= 4 is 33.9 Å². The van der Waals surface area contributed by atoms with Gasteiger partial charge in [-0.3, -0.25) is 4.57 Å². The van der Waals surface area contributed by atoms with E-state index in [1.54, 1.807) is 24.3 Å². The lowest BCUT2D eigenvalue weighted by molar-refractivity contribution is -0.0530. The number of para-hydroxylation sites is 1. The number of thiocarbonyl (C=S) groups is 1. The fraction of sp³-hybridized carbons (Fsp3) is 0.357. The molecule has 0 amide bonds. The molecule has 1 aromatic carbocycles. The molecular formula is C14H16N4O5S. The Morgan fingerprint density at radius 3 is 2.62 bits per heavy atom. The van der Waals surface area contributed by atoms with Crippen LogP contribution in [0.3, 0.4) is 0 Å². The van der Waals surface area contributed by atoms with Gasteiger partial charge in [0.15, 0.2) is 11.9 Å². The molecule has 10 heteroatoms. The Bertz CT molecular complexity index is 808. The van der Waals surface area contributed by atoms with Crippen molar-refractivity contribution in [2.24, 2.45) is 16.0 Å². The summed E-state index contributed by atoms with van der Waals surface area (Å²) in [7, 11) is 0. The number of rotatable bonds is 3. The number of aliphatic hydroxyl groups is 3. The summed E-state index contributed by atoms with van der Waals surface area (Å²) in [6, 6.07) is 6.85. The fourth-order valence-electron chi connectivity index (χ4n) is 2.78. The zero-order chi connectivity index (χ0) is 17.4. The minimum atomic E-state index is -1.34. The normalized spacial score (nSPS) is 27.3. The first-order valence-corrected chi connectivity index (χ1v) is 7.52. The van der Waals surface area contributed by atoms with Crippen molar-refractivity contribution in [3.8, 4) is 5.88 Å². The maximum atomic E-state index is 10.5. The van der Waals surface area contributed by atoms with Gasteiger partial charge in [0.1, 0.15) is 18.3 Å². The van der Waals surface area contributed by atoms with E-state index in [0.717, 1.165) is 0 Å². The van der Waals surface area contributed by atoms with E-state index in [1.807, 2.05) is 0 Å². The zero-order valence-electron chi connectivity index (χ0n) is 12.4. The Morgan fingerprint density at radius 2 is 2.00 bits per heavy atom. The summed E-state index contributed by atoms with van der Waals surface area (Å²) in [6.07, 6.45) is -4.70. The van der Waals surface area contributed by atoms with E-state index in [1.165, 1.54) is 4.57 Å². The lowest BCUT2D eigenvalue weighted by Crippen LogP contribution is -2.33. The maximum absolute atomic E-state index is 10.5. The topological polar surface area (TPSA) is 146 Å². The summed E-state index contributed by atoms with van der Waals surface area (Å²) in [4.78, 5) is 0. The first-order chi connectivity index (χ1) is 11.5. The van der Waals surface area contributed by atoms with Crippen LogP contribution in [0.15, 0.2) is 34.5 Å².